The molecule has 1 fully saturated rings. The molecule has 0 aromatic carbocycles. The minimum absolute atomic E-state index is 0.0667. The van der Waals surface area contributed by atoms with Crippen LogP contribution in [-0.4, -0.2) is 21.1 Å². The Morgan fingerprint density at radius 1 is 1.12 bits per heavy atom. The molecule has 0 bridgehead atoms. The quantitative estimate of drug-likeness (QED) is 0.896. The van der Waals surface area contributed by atoms with Crippen LogP contribution in [0.4, 0.5) is 5.82 Å². The van der Waals surface area contributed by atoms with Gasteiger partial charge < -0.3 is 10.1 Å². The molecular formula is C19H26N4O. The van der Waals surface area contributed by atoms with E-state index in [4.69, 9.17) is 4.74 Å². The van der Waals surface area contributed by atoms with E-state index < -0.39 is 0 Å². The second-order valence-electron chi connectivity index (χ2n) is 7.36. The van der Waals surface area contributed by atoms with Gasteiger partial charge >= 0.3 is 0 Å². The van der Waals surface area contributed by atoms with E-state index in [1.807, 2.05) is 12.1 Å². The maximum Gasteiger partial charge on any atom is 0.218 e. The molecule has 1 aliphatic rings. The van der Waals surface area contributed by atoms with Crippen molar-refractivity contribution < 1.29 is 4.74 Å². The summed E-state index contributed by atoms with van der Waals surface area (Å²) in [7, 11) is 0. The lowest BCUT2D eigenvalue weighted by atomic mass is 9.96. The second kappa shape index (κ2) is 7.16. The van der Waals surface area contributed by atoms with E-state index in [1.54, 1.807) is 12.4 Å². The van der Waals surface area contributed by atoms with Crippen molar-refractivity contribution in [3.8, 4) is 5.88 Å². The van der Waals surface area contributed by atoms with E-state index in [1.165, 1.54) is 12.8 Å². The molecular weight excluding hydrogens is 300 g/mol. The highest BCUT2D eigenvalue weighted by atomic mass is 16.5. The maximum absolute atomic E-state index is 6.09. The van der Waals surface area contributed by atoms with Crippen LogP contribution in [0.2, 0.25) is 0 Å². The second-order valence-corrected chi connectivity index (χ2v) is 7.36. The van der Waals surface area contributed by atoms with Crippen LogP contribution in [0.1, 0.15) is 57.8 Å². The Kier molecular flexibility index (Phi) is 4.97. The Hall–Kier alpha value is -2.17. The minimum atomic E-state index is -0.0667. The fourth-order valence-electron chi connectivity index (χ4n) is 2.83. The zero-order valence-electron chi connectivity index (χ0n) is 14.7. The standard InChI is InChI=1S/C19H26N4O/c1-19(2,3)18-21-12-10-16(23-18)22-13-14-7-6-11-20-17(14)24-15-8-4-5-9-15/h6-7,10-12,15H,4-5,8-9,13H2,1-3H3,(H,21,22,23). The van der Waals surface area contributed by atoms with E-state index in [-0.39, 0.29) is 5.41 Å². The van der Waals surface area contributed by atoms with Gasteiger partial charge in [-0.05, 0) is 37.8 Å². The number of rotatable bonds is 5. The Morgan fingerprint density at radius 2 is 1.92 bits per heavy atom. The summed E-state index contributed by atoms with van der Waals surface area (Å²) in [6.45, 7) is 6.97. The van der Waals surface area contributed by atoms with E-state index in [0.29, 0.717) is 12.6 Å². The Balaban J connectivity index is 1.68. The van der Waals surface area contributed by atoms with Crippen molar-refractivity contribution in [2.45, 2.75) is 64.5 Å². The van der Waals surface area contributed by atoms with Gasteiger partial charge in [-0.1, -0.05) is 26.8 Å². The Bertz CT molecular complexity index is 675. The summed E-state index contributed by atoms with van der Waals surface area (Å²) >= 11 is 0. The zero-order chi connectivity index (χ0) is 17.0. The summed E-state index contributed by atoms with van der Waals surface area (Å²) in [6, 6.07) is 5.89. The van der Waals surface area contributed by atoms with E-state index in [9.17, 15) is 0 Å². The van der Waals surface area contributed by atoms with Crippen LogP contribution in [0.25, 0.3) is 0 Å². The summed E-state index contributed by atoms with van der Waals surface area (Å²) in [5, 5.41) is 3.37. The molecule has 0 saturated heterocycles. The first-order chi connectivity index (χ1) is 11.5. The van der Waals surface area contributed by atoms with E-state index >= 15 is 0 Å². The van der Waals surface area contributed by atoms with Crippen LogP contribution >= 0.6 is 0 Å². The minimum Gasteiger partial charge on any atom is -0.474 e. The number of hydrogen-bond acceptors (Lipinski definition) is 5. The predicted molar refractivity (Wildman–Crippen MR) is 95.2 cm³/mol. The van der Waals surface area contributed by atoms with Crippen molar-refractivity contribution in [2.24, 2.45) is 0 Å². The van der Waals surface area contributed by atoms with Crippen molar-refractivity contribution in [3.05, 3.63) is 42.0 Å². The lowest BCUT2D eigenvalue weighted by Crippen LogP contribution is -2.17. The lowest BCUT2D eigenvalue weighted by molar-refractivity contribution is 0.199. The molecule has 0 atom stereocenters. The largest absolute Gasteiger partial charge is 0.474 e. The zero-order valence-corrected chi connectivity index (χ0v) is 14.7. The number of anilines is 1. The topological polar surface area (TPSA) is 59.9 Å². The number of nitrogens with zero attached hydrogens (tertiary/aromatic N) is 3. The highest BCUT2D eigenvalue weighted by Crippen LogP contribution is 2.25. The van der Waals surface area contributed by atoms with Crippen LogP contribution in [0, 0.1) is 0 Å². The van der Waals surface area contributed by atoms with Crippen molar-refractivity contribution >= 4 is 5.82 Å². The highest BCUT2D eigenvalue weighted by molar-refractivity contribution is 5.37. The number of nitrogens with one attached hydrogen (secondary N) is 1. The molecule has 1 N–H and O–H groups in total. The predicted octanol–water partition coefficient (Wildman–Crippen LogP) is 4.10. The summed E-state index contributed by atoms with van der Waals surface area (Å²) in [6.07, 6.45) is 8.66. The first kappa shape index (κ1) is 16.7. The smallest absolute Gasteiger partial charge is 0.218 e. The summed E-state index contributed by atoms with van der Waals surface area (Å²) in [5.74, 6) is 2.40. The maximum atomic E-state index is 6.09. The molecule has 2 heterocycles. The lowest BCUT2D eigenvalue weighted by Gasteiger charge is -2.18. The van der Waals surface area contributed by atoms with Crippen LogP contribution < -0.4 is 10.1 Å². The van der Waals surface area contributed by atoms with Gasteiger partial charge in [0.25, 0.3) is 0 Å². The van der Waals surface area contributed by atoms with Gasteiger partial charge in [-0.2, -0.15) is 0 Å². The molecule has 1 saturated carbocycles. The molecule has 0 unspecified atom stereocenters. The molecule has 3 rings (SSSR count). The molecule has 2 aromatic rings. The fraction of sp³-hybridized carbons (Fsp3) is 0.526. The van der Waals surface area contributed by atoms with Crippen molar-refractivity contribution in [2.75, 3.05) is 5.32 Å². The van der Waals surface area contributed by atoms with Crippen molar-refractivity contribution in [3.63, 3.8) is 0 Å². The first-order valence-electron chi connectivity index (χ1n) is 8.70. The Labute approximate surface area is 143 Å². The van der Waals surface area contributed by atoms with Crippen molar-refractivity contribution in [1.82, 2.24) is 15.0 Å². The summed E-state index contributed by atoms with van der Waals surface area (Å²) in [4.78, 5) is 13.4. The Morgan fingerprint density at radius 3 is 2.67 bits per heavy atom. The van der Waals surface area contributed by atoms with Gasteiger partial charge in [0.2, 0.25) is 5.88 Å². The average Bonchev–Trinajstić information content (AvgIpc) is 3.07. The van der Waals surface area contributed by atoms with Crippen LogP contribution in [0.3, 0.4) is 0 Å². The first-order valence-corrected chi connectivity index (χ1v) is 8.70. The van der Waals surface area contributed by atoms with Gasteiger partial charge in [0.05, 0.1) is 0 Å². The molecule has 5 nitrogen and oxygen atoms in total. The van der Waals surface area contributed by atoms with Gasteiger partial charge in [0.1, 0.15) is 17.7 Å². The molecule has 2 aromatic heterocycles. The van der Waals surface area contributed by atoms with Crippen LogP contribution in [0.5, 0.6) is 5.88 Å². The SMILES string of the molecule is CC(C)(C)c1nccc(NCc2cccnc2OC2CCCC2)n1. The van der Waals surface area contributed by atoms with Gasteiger partial charge in [0.15, 0.2) is 0 Å². The molecule has 0 aliphatic heterocycles. The number of pyridine rings is 1. The normalized spacial score (nSPS) is 15.5. The van der Waals surface area contributed by atoms with Crippen LogP contribution in [0.15, 0.2) is 30.6 Å². The molecule has 1 aliphatic carbocycles. The van der Waals surface area contributed by atoms with Crippen molar-refractivity contribution in [1.29, 1.82) is 0 Å². The monoisotopic (exact) mass is 326 g/mol. The fourth-order valence-corrected chi connectivity index (χ4v) is 2.83. The van der Waals surface area contributed by atoms with Gasteiger partial charge in [-0.25, -0.2) is 15.0 Å². The number of aromatic nitrogens is 3. The highest BCUT2D eigenvalue weighted by Gasteiger charge is 2.19. The number of ether oxygens (including phenoxy) is 1. The molecule has 0 radical (unpaired) electrons. The third kappa shape index (κ3) is 4.22. The van der Waals surface area contributed by atoms with E-state index in [0.717, 1.165) is 35.9 Å². The van der Waals surface area contributed by atoms with Gasteiger partial charge in [-0.3, -0.25) is 0 Å². The third-order valence-electron chi connectivity index (χ3n) is 4.22. The molecule has 24 heavy (non-hydrogen) atoms. The summed E-state index contributed by atoms with van der Waals surface area (Å²) in [5.41, 5.74) is 0.989. The number of hydrogen-bond donors (Lipinski definition) is 1. The molecule has 0 spiro atoms. The van der Waals surface area contributed by atoms with Gasteiger partial charge in [0, 0.05) is 29.9 Å². The molecule has 128 valence electrons. The average molecular weight is 326 g/mol. The van der Waals surface area contributed by atoms with E-state index in [2.05, 4.69) is 47.1 Å². The molecule has 5 heteroatoms. The molecule has 0 amide bonds. The summed E-state index contributed by atoms with van der Waals surface area (Å²) < 4.78 is 6.09. The third-order valence-corrected chi connectivity index (χ3v) is 4.22. The van der Waals surface area contributed by atoms with Crippen LogP contribution in [-0.2, 0) is 12.0 Å². The van der Waals surface area contributed by atoms with Gasteiger partial charge in [-0.15, -0.1) is 0 Å².